The predicted octanol–water partition coefficient (Wildman–Crippen LogP) is 14.0. The minimum atomic E-state index is 0.0479. The minimum Gasteiger partial charge on any atom is -0.264 e. The van der Waals surface area contributed by atoms with Crippen LogP contribution >= 0.6 is 0 Å². The Morgan fingerprint density at radius 3 is 1.44 bits per heavy atom. The van der Waals surface area contributed by atoms with Gasteiger partial charge >= 0.3 is 0 Å². The second-order valence-electron chi connectivity index (χ2n) is 16.5. The summed E-state index contributed by atoms with van der Waals surface area (Å²) >= 11 is 0. The summed E-state index contributed by atoms with van der Waals surface area (Å²) in [4.78, 5) is 19.1. The summed E-state index contributed by atoms with van der Waals surface area (Å²) in [5.41, 5.74) is 18.1. The second-order valence-corrected chi connectivity index (χ2v) is 16.5. The summed E-state index contributed by atoms with van der Waals surface area (Å²) in [5, 5.41) is 9.84. The highest BCUT2D eigenvalue weighted by atomic mass is 15.0. The lowest BCUT2D eigenvalue weighted by Gasteiger charge is -2.36. The van der Waals surface area contributed by atoms with Crippen molar-refractivity contribution in [2.45, 2.75) is 37.5 Å². The van der Waals surface area contributed by atoms with Gasteiger partial charge in [0.15, 0.2) is 17.5 Å². The van der Waals surface area contributed by atoms with Gasteiger partial charge in [0.1, 0.15) is 0 Å². The average molecular weight is 796 g/mol. The molecule has 11 rings (SSSR count). The van der Waals surface area contributed by atoms with Crippen LogP contribution < -0.4 is 0 Å². The van der Waals surface area contributed by atoms with Crippen LogP contribution in [0.5, 0.6) is 0 Å². The van der Waals surface area contributed by atoms with Gasteiger partial charge in [0.2, 0.25) is 0 Å². The first-order valence-electron chi connectivity index (χ1n) is 21.5. The van der Waals surface area contributed by atoms with Gasteiger partial charge < -0.3 is 0 Å². The topological polar surface area (TPSA) is 75.3 Å². The summed E-state index contributed by atoms with van der Waals surface area (Å²) in [6, 6.07) is 64.2. The van der Waals surface area contributed by atoms with E-state index in [1.165, 1.54) is 76.6 Å². The summed E-state index contributed by atoms with van der Waals surface area (Å²) < 4.78 is 0. The van der Waals surface area contributed by atoms with Crippen molar-refractivity contribution in [1.29, 1.82) is 5.26 Å². The Bertz CT molecular complexity index is 3110. The fourth-order valence-electron chi connectivity index (χ4n) is 9.76. The number of hydrogen-bond acceptors (Lipinski definition) is 5. The minimum absolute atomic E-state index is 0.0479. The largest absolute Gasteiger partial charge is 0.264 e. The fraction of sp³-hybridized carbons (Fsp3) is 0.105. The molecule has 0 saturated heterocycles. The maximum Gasteiger partial charge on any atom is 0.164 e. The van der Waals surface area contributed by atoms with Crippen molar-refractivity contribution in [2.75, 3.05) is 0 Å². The molecule has 1 fully saturated rings. The first kappa shape index (κ1) is 37.2. The number of rotatable bonds is 7. The van der Waals surface area contributed by atoms with Gasteiger partial charge in [-0.05, 0) is 97.8 Å². The van der Waals surface area contributed by atoms with E-state index < -0.39 is 0 Å². The highest BCUT2D eigenvalue weighted by Crippen LogP contribution is 2.58. The van der Waals surface area contributed by atoms with Crippen LogP contribution in [0.3, 0.4) is 0 Å². The summed E-state index contributed by atoms with van der Waals surface area (Å²) in [5.74, 6) is 1.88. The molecule has 0 atom stereocenters. The van der Waals surface area contributed by atoms with Crippen LogP contribution in [0.1, 0.15) is 48.8 Å². The third kappa shape index (κ3) is 6.67. The number of nitrogens with zero attached hydrogens (tertiary/aromatic N) is 5. The normalized spacial score (nSPS) is 13.6. The van der Waals surface area contributed by atoms with Gasteiger partial charge in [-0.15, -0.1) is 0 Å². The van der Waals surface area contributed by atoms with E-state index in [9.17, 15) is 5.26 Å². The van der Waals surface area contributed by atoms with Crippen molar-refractivity contribution < 1.29 is 0 Å². The molecule has 0 amide bonds. The first-order valence-corrected chi connectivity index (χ1v) is 21.5. The maximum atomic E-state index is 9.84. The highest BCUT2D eigenvalue weighted by molar-refractivity contribution is 5.93. The van der Waals surface area contributed by atoms with Gasteiger partial charge in [-0.1, -0.05) is 177 Å². The average Bonchev–Trinajstić information content (AvgIpc) is 3.62. The van der Waals surface area contributed by atoms with Crippen molar-refractivity contribution in [1.82, 2.24) is 19.9 Å². The Morgan fingerprint density at radius 2 is 0.903 bits per heavy atom. The van der Waals surface area contributed by atoms with E-state index in [-0.39, 0.29) is 5.41 Å². The third-order valence-corrected chi connectivity index (χ3v) is 12.9. The van der Waals surface area contributed by atoms with Gasteiger partial charge in [0, 0.05) is 34.5 Å². The Kier molecular flexibility index (Phi) is 9.40. The molecule has 2 heterocycles. The van der Waals surface area contributed by atoms with Crippen molar-refractivity contribution in [3.05, 3.63) is 205 Å². The molecule has 5 nitrogen and oxygen atoms in total. The summed E-state index contributed by atoms with van der Waals surface area (Å²) in [6.07, 6.45) is 9.76. The molecule has 2 aliphatic rings. The van der Waals surface area contributed by atoms with E-state index in [2.05, 4.69) is 145 Å². The van der Waals surface area contributed by atoms with Crippen molar-refractivity contribution in [3.8, 4) is 95.9 Å². The lowest BCUT2D eigenvalue weighted by Crippen LogP contribution is -2.28. The number of fused-ring (bicyclic) bond motifs is 5. The van der Waals surface area contributed by atoms with E-state index in [0.717, 1.165) is 44.5 Å². The Hall–Kier alpha value is -7.81. The van der Waals surface area contributed by atoms with Crippen molar-refractivity contribution in [2.24, 2.45) is 0 Å². The van der Waals surface area contributed by atoms with E-state index in [0.29, 0.717) is 17.5 Å². The molecule has 0 radical (unpaired) electrons. The quantitative estimate of drug-likeness (QED) is 0.161. The molecule has 1 saturated carbocycles. The molecule has 1 spiro atoms. The SMILES string of the molecule is N#Cc1ccc2c(c1)-c1c(-c3ccc(-c4ccc(-c5ccc(-c6nc(-c7ccccc7)nc(-c7ccc(-c8cccnc8)cc7)n6)cc5)cc4)cc3)cccc1C21CCCCC1. The molecule has 0 aliphatic heterocycles. The molecule has 7 aromatic carbocycles. The Morgan fingerprint density at radius 1 is 0.403 bits per heavy atom. The monoisotopic (exact) mass is 795 g/mol. The zero-order valence-corrected chi connectivity index (χ0v) is 34.2. The molecule has 294 valence electrons. The number of pyridine rings is 1. The van der Waals surface area contributed by atoms with Crippen LogP contribution in [0.4, 0.5) is 0 Å². The summed E-state index contributed by atoms with van der Waals surface area (Å²) in [6.45, 7) is 0. The molecular formula is C57H41N5. The van der Waals surface area contributed by atoms with E-state index in [4.69, 9.17) is 15.0 Å². The van der Waals surface area contributed by atoms with Crippen LogP contribution in [-0.2, 0) is 5.41 Å². The summed E-state index contributed by atoms with van der Waals surface area (Å²) in [7, 11) is 0. The third-order valence-electron chi connectivity index (χ3n) is 12.9. The molecule has 0 N–H and O–H groups in total. The standard InChI is InChI=1S/C57H41N5/c58-36-38-14-31-51-50(35-38)53-49(12-7-13-52(53)57(51)32-5-2-6-33-57)44-25-19-41(20-26-44)39-15-17-40(18-16-39)42-21-27-46(28-22-42)55-60-54(45-9-3-1-4-10-45)61-56(62-55)47-29-23-43(24-30-47)48-11-8-34-59-37-48/h1,3-4,7-31,34-35,37H,2,5-6,32-33H2. The Labute approximate surface area is 362 Å². The van der Waals surface area contributed by atoms with E-state index >= 15 is 0 Å². The number of nitriles is 1. The zero-order valence-electron chi connectivity index (χ0n) is 34.2. The van der Waals surface area contributed by atoms with Gasteiger partial charge in [-0.3, -0.25) is 4.98 Å². The second kappa shape index (κ2) is 15.7. The van der Waals surface area contributed by atoms with Crippen LogP contribution in [0.25, 0.3) is 89.8 Å². The molecule has 2 aliphatic carbocycles. The molecule has 5 heteroatoms. The van der Waals surface area contributed by atoms with Crippen LogP contribution in [0, 0.1) is 11.3 Å². The number of hydrogen-bond donors (Lipinski definition) is 0. The van der Waals surface area contributed by atoms with Crippen LogP contribution in [-0.4, -0.2) is 19.9 Å². The lowest BCUT2D eigenvalue weighted by molar-refractivity contribution is 0.353. The van der Waals surface area contributed by atoms with Gasteiger partial charge in [0.05, 0.1) is 11.6 Å². The van der Waals surface area contributed by atoms with Crippen molar-refractivity contribution >= 4 is 0 Å². The van der Waals surface area contributed by atoms with Gasteiger partial charge in [0.25, 0.3) is 0 Å². The smallest absolute Gasteiger partial charge is 0.164 e. The van der Waals surface area contributed by atoms with E-state index in [1.54, 1.807) is 6.20 Å². The molecule has 0 bridgehead atoms. The van der Waals surface area contributed by atoms with Crippen LogP contribution in [0.2, 0.25) is 0 Å². The first-order chi connectivity index (χ1) is 30.6. The maximum absolute atomic E-state index is 9.84. The van der Waals surface area contributed by atoms with Gasteiger partial charge in [-0.2, -0.15) is 5.26 Å². The zero-order chi connectivity index (χ0) is 41.5. The molecular weight excluding hydrogens is 755 g/mol. The lowest BCUT2D eigenvalue weighted by atomic mass is 9.67. The molecule has 0 unspecified atom stereocenters. The van der Waals surface area contributed by atoms with Gasteiger partial charge in [-0.25, -0.2) is 15.0 Å². The molecule has 9 aromatic rings. The molecule has 62 heavy (non-hydrogen) atoms. The highest BCUT2D eigenvalue weighted by Gasteiger charge is 2.44. The number of aromatic nitrogens is 4. The fourth-order valence-corrected chi connectivity index (χ4v) is 9.76. The van der Waals surface area contributed by atoms with E-state index in [1.807, 2.05) is 48.7 Å². The predicted molar refractivity (Wildman–Crippen MR) is 250 cm³/mol. The number of benzene rings is 7. The Balaban J connectivity index is 0.857. The van der Waals surface area contributed by atoms with Crippen LogP contribution in [0.15, 0.2) is 188 Å². The molecule has 2 aromatic heterocycles. The van der Waals surface area contributed by atoms with Crippen molar-refractivity contribution in [3.63, 3.8) is 0 Å².